The number of rotatable bonds is 15. The number of aliphatic hydroxyl groups is 3. The number of unbranched alkanes of at least 4 members (excludes halogenated alkanes) is 9. The molecule has 1 atom stereocenters. The Bertz CT molecular complexity index is 162. The third-order valence-corrected chi connectivity index (χ3v) is 3.64. The lowest BCUT2D eigenvalue weighted by molar-refractivity contribution is 0.137. The molecule has 3 N–H and O–H groups in total. The van der Waals surface area contributed by atoms with Crippen molar-refractivity contribution in [2.45, 2.75) is 89.6 Å². The summed E-state index contributed by atoms with van der Waals surface area (Å²) in [7, 11) is 0. The molecular weight excluding hydrogens is 240 g/mol. The predicted molar refractivity (Wildman–Crippen MR) is 80.2 cm³/mol. The molecule has 0 fully saturated rings. The lowest BCUT2D eigenvalue weighted by Crippen LogP contribution is -2.06. The number of hydrogen-bond acceptors (Lipinski definition) is 3. The molecule has 0 aliphatic rings. The Morgan fingerprint density at radius 3 is 1.32 bits per heavy atom. The summed E-state index contributed by atoms with van der Waals surface area (Å²) in [6.07, 6.45) is 14.4. The molecule has 3 nitrogen and oxygen atoms in total. The summed E-state index contributed by atoms with van der Waals surface area (Å²) in [6.45, 7) is 0.527. The third-order valence-electron chi connectivity index (χ3n) is 3.64. The van der Waals surface area contributed by atoms with Crippen molar-refractivity contribution in [3.05, 3.63) is 0 Å². The maximum Gasteiger partial charge on any atom is 0.0541 e. The van der Waals surface area contributed by atoms with Crippen LogP contribution in [0, 0.1) is 0 Å². The zero-order chi connectivity index (χ0) is 14.2. The molecule has 0 aromatic rings. The summed E-state index contributed by atoms with van der Waals surface area (Å²) < 4.78 is 0. The fourth-order valence-corrected chi connectivity index (χ4v) is 2.38. The molecular formula is C16H34O3. The first-order valence-electron chi connectivity index (χ1n) is 8.21. The normalized spacial score (nSPS) is 12.8. The summed E-state index contributed by atoms with van der Waals surface area (Å²) in [6, 6.07) is 0. The van der Waals surface area contributed by atoms with Crippen molar-refractivity contribution < 1.29 is 15.3 Å². The van der Waals surface area contributed by atoms with E-state index in [1.54, 1.807) is 0 Å². The van der Waals surface area contributed by atoms with E-state index in [9.17, 15) is 5.11 Å². The van der Waals surface area contributed by atoms with Crippen LogP contribution in [0.5, 0.6) is 0 Å². The molecule has 1 unspecified atom stereocenters. The van der Waals surface area contributed by atoms with Crippen LogP contribution in [-0.4, -0.2) is 34.6 Å². The zero-order valence-electron chi connectivity index (χ0n) is 12.5. The van der Waals surface area contributed by atoms with Gasteiger partial charge in [-0.25, -0.2) is 0 Å². The van der Waals surface area contributed by atoms with Crippen molar-refractivity contribution >= 4 is 0 Å². The highest BCUT2D eigenvalue weighted by Gasteiger charge is 2.02. The second-order valence-corrected chi connectivity index (χ2v) is 5.57. The molecule has 0 aromatic carbocycles. The van der Waals surface area contributed by atoms with Gasteiger partial charge in [-0.15, -0.1) is 0 Å². The van der Waals surface area contributed by atoms with Gasteiger partial charge in [-0.3, -0.25) is 0 Å². The Morgan fingerprint density at radius 2 is 0.842 bits per heavy atom. The molecule has 0 spiro atoms. The summed E-state index contributed by atoms with van der Waals surface area (Å²) in [5.41, 5.74) is 0. The smallest absolute Gasteiger partial charge is 0.0541 e. The molecule has 0 saturated carbocycles. The van der Waals surface area contributed by atoms with Gasteiger partial charge in [-0.05, 0) is 25.7 Å². The van der Waals surface area contributed by atoms with Gasteiger partial charge in [-0.1, -0.05) is 57.8 Å². The molecule has 0 aliphatic heterocycles. The van der Waals surface area contributed by atoms with Crippen LogP contribution < -0.4 is 0 Å². The van der Waals surface area contributed by atoms with Crippen molar-refractivity contribution in [3.8, 4) is 0 Å². The molecule has 0 heterocycles. The van der Waals surface area contributed by atoms with Gasteiger partial charge in [0.15, 0.2) is 0 Å². The monoisotopic (exact) mass is 274 g/mol. The van der Waals surface area contributed by atoms with Crippen LogP contribution in [0.3, 0.4) is 0 Å². The van der Waals surface area contributed by atoms with Crippen molar-refractivity contribution in [1.82, 2.24) is 0 Å². The molecule has 0 aromatic heterocycles. The Morgan fingerprint density at radius 1 is 0.474 bits per heavy atom. The summed E-state index contributed by atoms with van der Waals surface area (Å²) in [5, 5.41) is 26.9. The van der Waals surface area contributed by atoms with E-state index in [-0.39, 0.29) is 12.7 Å². The first kappa shape index (κ1) is 18.9. The average Bonchev–Trinajstić information content (AvgIpc) is 2.42. The third kappa shape index (κ3) is 15.8. The minimum atomic E-state index is -0.210. The fraction of sp³-hybridized carbons (Fsp3) is 1.00. The lowest BCUT2D eigenvalue weighted by Gasteiger charge is -2.09. The van der Waals surface area contributed by atoms with Gasteiger partial charge in [0.25, 0.3) is 0 Å². The van der Waals surface area contributed by atoms with Gasteiger partial charge in [0.1, 0.15) is 0 Å². The molecule has 3 heteroatoms. The van der Waals surface area contributed by atoms with Gasteiger partial charge < -0.3 is 15.3 Å². The summed E-state index contributed by atoms with van der Waals surface area (Å²) >= 11 is 0. The molecule has 0 bridgehead atoms. The molecule has 0 rings (SSSR count). The zero-order valence-corrected chi connectivity index (χ0v) is 12.5. The van der Waals surface area contributed by atoms with Crippen LogP contribution in [0.4, 0.5) is 0 Å². The maximum absolute atomic E-state index is 9.59. The van der Waals surface area contributed by atoms with Crippen LogP contribution in [-0.2, 0) is 0 Å². The van der Waals surface area contributed by atoms with Crippen LogP contribution in [0.1, 0.15) is 83.5 Å². The molecule has 19 heavy (non-hydrogen) atoms. The van der Waals surface area contributed by atoms with Crippen molar-refractivity contribution in [2.24, 2.45) is 0 Å². The predicted octanol–water partition coefficient (Wildman–Crippen LogP) is 3.40. The second-order valence-electron chi connectivity index (χ2n) is 5.57. The van der Waals surface area contributed by atoms with Gasteiger partial charge >= 0.3 is 0 Å². The van der Waals surface area contributed by atoms with E-state index >= 15 is 0 Å². The first-order valence-corrected chi connectivity index (χ1v) is 8.21. The minimum absolute atomic E-state index is 0.190. The topological polar surface area (TPSA) is 60.7 Å². The number of aliphatic hydroxyl groups excluding tert-OH is 3. The fourth-order valence-electron chi connectivity index (χ4n) is 2.38. The summed E-state index contributed by atoms with van der Waals surface area (Å²) in [4.78, 5) is 0. The molecule has 0 radical (unpaired) electrons. The van der Waals surface area contributed by atoms with E-state index < -0.39 is 0 Å². The van der Waals surface area contributed by atoms with E-state index in [4.69, 9.17) is 10.2 Å². The standard InChI is InChI=1S/C16H34O3/c17-14-10-8-6-4-2-1-3-5-7-9-12-16(19)13-11-15-18/h16-19H,1-15H2. The quantitative estimate of drug-likeness (QED) is 0.401. The number of hydrogen-bond donors (Lipinski definition) is 3. The van der Waals surface area contributed by atoms with Gasteiger partial charge in [0, 0.05) is 13.2 Å². The van der Waals surface area contributed by atoms with E-state index in [2.05, 4.69) is 0 Å². The van der Waals surface area contributed by atoms with Crippen LogP contribution >= 0.6 is 0 Å². The van der Waals surface area contributed by atoms with E-state index in [0.29, 0.717) is 6.61 Å². The van der Waals surface area contributed by atoms with E-state index in [1.807, 2.05) is 0 Å². The van der Waals surface area contributed by atoms with Gasteiger partial charge in [0.05, 0.1) is 6.10 Å². The highest BCUT2D eigenvalue weighted by molar-refractivity contribution is 4.56. The maximum atomic E-state index is 9.59. The lowest BCUT2D eigenvalue weighted by atomic mass is 10.0. The highest BCUT2D eigenvalue weighted by atomic mass is 16.3. The van der Waals surface area contributed by atoms with Crippen molar-refractivity contribution in [3.63, 3.8) is 0 Å². The Kier molecular flexibility index (Phi) is 15.8. The van der Waals surface area contributed by atoms with Crippen LogP contribution in [0.15, 0.2) is 0 Å². The first-order chi connectivity index (χ1) is 9.31. The van der Waals surface area contributed by atoms with Gasteiger partial charge in [0.2, 0.25) is 0 Å². The Hall–Kier alpha value is -0.120. The SMILES string of the molecule is OCCCCCCCCCCCCC(O)CCCO. The van der Waals surface area contributed by atoms with Crippen molar-refractivity contribution in [2.75, 3.05) is 13.2 Å². The largest absolute Gasteiger partial charge is 0.396 e. The highest BCUT2D eigenvalue weighted by Crippen LogP contribution is 2.13. The molecule has 116 valence electrons. The minimum Gasteiger partial charge on any atom is -0.396 e. The average molecular weight is 274 g/mol. The van der Waals surface area contributed by atoms with E-state index in [1.165, 1.54) is 51.4 Å². The molecule has 0 saturated heterocycles. The second kappa shape index (κ2) is 15.9. The Labute approximate surface area is 119 Å². The Balaban J connectivity index is 3.02. The molecule has 0 aliphatic carbocycles. The van der Waals surface area contributed by atoms with E-state index in [0.717, 1.165) is 32.1 Å². The van der Waals surface area contributed by atoms with Crippen LogP contribution in [0.25, 0.3) is 0 Å². The van der Waals surface area contributed by atoms with Gasteiger partial charge in [-0.2, -0.15) is 0 Å². The summed E-state index contributed by atoms with van der Waals surface area (Å²) in [5.74, 6) is 0. The molecule has 0 amide bonds. The van der Waals surface area contributed by atoms with Crippen molar-refractivity contribution in [1.29, 1.82) is 0 Å². The van der Waals surface area contributed by atoms with Crippen LogP contribution in [0.2, 0.25) is 0 Å².